The first-order valence-corrected chi connectivity index (χ1v) is 7.00. The minimum absolute atomic E-state index is 0.245. The lowest BCUT2D eigenvalue weighted by atomic mass is 10.3. The molecule has 16 heavy (non-hydrogen) atoms. The molecule has 0 radical (unpaired) electrons. The Morgan fingerprint density at radius 1 is 1.38 bits per heavy atom. The van der Waals surface area contributed by atoms with Crippen LogP contribution in [0.1, 0.15) is 5.69 Å². The van der Waals surface area contributed by atoms with Gasteiger partial charge in [0.2, 0.25) is 0 Å². The molecular weight excluding hydrogens is 226 g/mol. The average molecular weight is 241 g/mol. The molecule has 1 saturated heterocycles. The standard InChI is InChI=1S/C10H15N3O2S/c11-9-1-2-12-10(7-9)8-13-3-5-16(14,15)6-4-13/h1-2,7H,3-6,8H2,(H2,11,12). The third-order valence-electron chi connectivity index (χ3n) is 2.66. The predicted molar refractivity (Wildman–Crippen MR) is 62.6 cm³/mol. The number of nitrogens with zero attached hydrogens (tertiary/aromatic N) is 2. The highest BCUT2D eigenvalue weighted by Crippen LogP contribution is 2.10. The summed E-state index contributed by atoms with van der Waals surface area (Å²) in [5.41, 5.74) is 7.23. The quantitative estimate of drug-likeness (QED) is 0.782. The summed E-state index contributed by atoms with van der Waals surface area (Å²) in [5, 5.41) is 0. The Balaban J connectivity index is 1.97. The molecule has 0 amide bonds. The number of nitrogen functional groups attached to an aromatic ring is 1. The van der Waals surface area contributed by atoms with Gasteiger partial charge < -0.3 is 5.73 Å². The molecule has 6 heteroatoms. The average Bonchev–Trinajstić information content (AvgIpc) is 2.21. The summed E-state index contributed by atoms with van der Waals surface area (Å²) in [6, 6.07) is 3.56. The number of anilines is 1. The van der Waals surface area contributed by atoms with E-state index in [2.05, 4.69) is 9.88 Å². The largest absolute Gasteiger partial charge is 0.399 e. The van der Waals surface area contributed by atoms with Crippen LogP contribution in [0.15, 0.2) is 18.3 Å². The van der Waals surface area contributed by atoms with Crippen LogP contribution in [0.4, 0.5) is 5.69 Å². The lowest BCUT2D eigenvalue weighted by molar-refractivity contribution is 0.284. The van der Waals surface area contributed by atoms with Crippen molar-refractivity contribution < 1.29 is 8.42 Å². The van der Waals surface area contributed by atoms with Gasteiger partial charge in [0, 0.05) is 31.5 Å². The monoisotopic (exact) mass is 241 g/mol. The SMILES string of the molecule is Nc1ccnc(CN2CCS(=O)(=O)CC2)c1. The molecule has 2 rings (SSSR count). The molecule has 1 fully saturated rings. The first kappa shape index (κ1) is 11.3. The van der Waals surface area contributed by atoms with E-state index in [1.165, 1.54) is 0 Å². The van der Waals surface area contributed by atoms with Gasteiger partial charge in [-0.1, -0.05) is 0 Å². The van der Waals surface area contributed by atoms with Gasteiger partial charge in [-0.3, -0.25) is 9.88 Å². The van der Waals surface area contributed by atoms with E-state index in [4.69, 9.17) is 5.73 Å². The maximum absolute atomic E-state index is 11.2. The summed E-state index contributed by atoms with van der Waals surface area (Å²) in [5.74, 6) is 0.491. The molecule has 5 nitrogen and oxygen atoms in total. The molecule has 0 unspecified atom stereocenters. The van der Waals surface area contributed by atoms with Crippen molar-refractivity contribution in [1.82, 2.24) is 9.88 Å². The van der Waals surface area contributed by atoms with Crippen LogP contribution in [0.2, 0.25) is 0 Å². The van der Waals surface area contributed by atoms with Crippen molar-refractivity contribution in [2.75, 3.05) is 30.3 Å². The van der Waals surface area contributed by atoms with E-state index >= 15 is 0 Å². The molecule has 0 aliphatic carbocycles. The first-order valence-electron chi connectivity index (χ1n) is 5.18. The lowest BCUT2D eigenvalue weighted by Crippen LogP contribution is -2.39. The number of hydrogen-bond acceptors (Lipinski definition) is 5. The van der Waals surface area contributed by atoms with Crippen molar-refractivity contribution in [1.29, 1.82) is 0 Å². The summed E-state index contributed by atoms with van der Waals surface area (Å²) in [7, 11) is -2.80. The van der Waals surface area contributed by atoms with Gasteiger partial charge in [0.1, 0.15) is 0 Å². The Labute approximate surface area is 95.2 Å². The number of hydrogen-bond donors (Lipinski definition) is 1. The van der Waals surface area contributed by atoms with Gasteiger partial charge in [-0.25, -0.2) is 8.42 Å². The van der Waals surface area contributed by atoms with Gasteiger partial charge >= 0.3 is 0 Å². The number of nitrogens with two attached hydrogens (primary N) is 1. The first-order chi connectivity index (χ1) is 7.55. The second kappa shape index (κ2) is 4.39. The third kappa shape index (κ3) is 2.93. The molecule has 0 spiro atoms. The van der Waals surface area contributed by atoms with Crippen LogP contribution in [0, 0.1) is 0 Å². The molecule has 2 heterocycles. The van der Waals surface area contributed by atoms with Gasteiger partial charge in [-0.2, -0.15) is 0 Å². The molecule has 0 atom stereocenters. The molecule has 0 bridgehead atoms. The Morgan fingerprint density at radius 2 is 2.06 bits per heavy atom. The van der Waals surface area contributed by atoms with Gasteiger partial charge in [-0.05, 0) is 12.1 Å². The zero-order valence-corrected chi connectivity index (χ0v) is 9.78. The molecule has 1 aromatic heterocycles. The van der Waals surface area contributed by atoms with Crippen molar-refractivity contribution in [3.8, 4) is 0 Å². The topological polar surface area (TPSA) is 76.3 Å². The highest BCUT2D eigenvalue weighted by atomic mass is 32.2. The van der Waals surface area contributed by atoms with E-state index in [0.29, 0.717) is 25.3 Å². The van der Waals surface area contributed by atoms with E-state index in [1.54, 1.807) is 12.3 Å². The van der Waals surface area contributed by atoms with Crippen LogP contribution in [-0.4, -0.2) is 42.9 Å². The minimum Gasteiger partial charge on any atom is -0.399 e. The Hall–Kier alpha value is -1.14. The number of rotatable bonds is 2. The summed E-state index contributed by atoms with van der Waals surface area (Å²) in [6.07, 6.45) is 1.67. The Bertz CT molecular complexity index is 459. The maximum atomic E-state index is 11.2. The van der Waals surface area contributed by atoms with Crippen LogP contribution >= 0.6 is 0 Å². The Kier molecular flexibility index (Phi) is 3.11. The van der Waals surface area contributed by atoms with E-state index in [0.717, 1.165) is 5.69 Å². The molecule has 1 aromatic rings. The lowest BCUT2D eigenvalue weighted by Gasteiger charge is -2.26. The summed E-state index contributed by atoms with van der Waals surface area (Å²) in [6.45, 7) is 1.83. The van der Waals surface area contributed by atoms with Crippen molar-refractivity contribution >= 4 is 15.5 Å². The highest BCUT2D eigenvalue weighted by molar-refractivity contribution is 7.91. The summed E-state index contributed by atoms with van der Waals surface area (Å²) >= 11 is 0. The van der Waals surface area contributed by atoms with Crippen LogP contribution in [0.3, 0.4) is 0 Å². The van der Waals surface area contributed by atoms with E-state index in [9.17, 15) is 8.42 Å². The summed E-state index contributed by atoms with van der Waals surface area (Å²) < 4.78 is 22.5. The summed E-state index contributed by atoms with van der Waals surface area (Å²) in [4.78, 5) is 6.29. The minimum atomic E-state index is -2.80. The zero-order chi connectivity index (χ0) is 11.6. The number of sulfone groups is 1. The van der Waals surface area contributed by atoms with E-state index < -0.39 is 9.84 Å². The van der Waals surface area contributed by atoms with Crippen molar-refractivity contribution in [3.05, 3.63) is 24.0 Å². The maximum Gasteiger partial charge on any atom is 0.152 e. The smallest absolute Gasteiger partial charge is 0.152 e. The predicted octanol–water partition coefficient (Wildman–Crippen LogP) is -0.106. The van der Waals surface area contributed by atoms with Crippen LogP contribution in [0.5, 0.6) is 0 Å². The normalized spacial score (nSPS) is 20.8. The Morgan fingerprint density at radius 3 is 2.69 bits per heavy atom. The van der Waals surface area contributed by atoms with Gasteiger partial charge in [0.05, 0.1) is 17.2 Å². The van der Waals surface area contributed by atoms with Crippen LogP contribution in [0.25, 0.3) is 0 Å². The third-order valence-corrected chi connectivity index (χ3v) is 4.27. The van der Waals surface area contributed by atoms with Crippen molar-refractivity contribution in [3.63, 3.8) is 0 Å². The van der Waals surface area contributed by atoms with Crippen molar-refractivity contribution in [2.24, 2.45) is 0 Å². The van der Waals surface area contributed by atoms with E-state index in [-0.39, 0.29) is 11.5 Å². The van der Waals surface area contributed by atoms with Gasteiger partial charge in [0.25, 0.3) is 0 Å². The second-order valence-electron chi connectivity index (χ2n) is 4.01. The van der Waals surface area contributed by atoms with Gasteiger partial charge in [-0.15, -0.1) is 0 Å². The fraction of sp³-hybridized carbons (Fsp3) is 0.500. The van der Waals surface area contributed by atoms with E-state index in [1.807, 2.05) is 6.07 Å². The zero-order valence-electron chi connectivity index (χ0n) is 8.96. The van der Waals surface area contributed by atoms with Crippen molar-refractivity contribution in [2.45, 2.75) is 6.54 Å². The molecule has 1 aliphatic heterocycles. The molecule has 0 aromatic carbocycles. The number of pyridine rings is 1. The second-order valence-corrected chi connectivity index (χ2v) is 6.31. The fourth-order valence-electron chi connectivity index (χ4n) is 1.72. The molecule has 1 aliphatic rings. The van der Waals surface area contributed by atoms with Gasteiger partial charge in [0.15, 0.2) is 9.84 Å². The molecule has 2 N–H and O–H groups in total. The molecule has 88 valence electrons. The van der Waals surface area contributed by atoms with Crippen LogP contribution < -0.4 is 5.73 Å². The highest BCUT2D eigenvalue weighted by Gasteiger charge is 2.21. The molecular formula is C10H15N3O2S. The number of aromatic nitrogens is 1. The molecule has 0 saturated carbocycles. The fourth-order valence-corrected chi connectivity index (χ4v) is 3.00. The van der Waals surface area contributed by atoms with Crippen LogP contribution in [-0.2, 0) is 16.4 Å².